The third-order valence-electron chi connectivity index (χ3n) is 3.82. The molecule has 0 aromatic heterocycles. The van der Waals surface area contributed by atoms with E-state index in [-0.39, 0.29) is 11.1 Å². The molecule has 0 saturated heterocycles. The Balaban J connectivity index is 1.92. The van der Waals surface area contributed by atoms with Crippen molar-refractivity contribution in [2.24, 2.45) is 0 Å². The Morgan fingerprint density at radius 2 is 1.27 bits per heavy atom. The van der Waals surface area contributed by atoms with Crippen LogP contribution in [-0.2, 0) is 0 Å². The Morgan fingerprint density at radius 1 is 0.692 bits per heavy atom. The minimum absolute atomic E-state index is 0.0818. The number of ether oxygens (including phenoxy) is 1. The van der Waals surface area contributed by atoms with Crippen LogP contribution in [-0.4, -0.2) is 6.36 Å². The van der Waals surface area contributed by atoms with Gasteiger partial charge in [-0.05, 0) is 41.8 Å². The second-order valence-electron chi connectivity index (χ2n) is 5.75. The first-order chi connectivity index (χ1) is 12.2. The highest BCUT2D eigenvalue weighted by Gasteiger charge is 2.32. The first-order valence-electron chi connectivity index (χ1n) is 7.65. The summed E-state index contributed by atoms with van der Waals surface area (Å²) in [4.78, 5) is 0. The summed E-state index contributed by atoms with van der Waals surface area (Å²) in [5.74, 6) is -2.79. The summed E-state index contributed by atoms with van der Waals surface area (Å²) < 4.78 is 68.4. The van der Waals surface area contributed by atoms with Crippen molar-refractivity contribution in [3.05, 3.63) is 77.9 Å². The lowest BCUT2D eigenvalue weighted by atomic mass is 9.99. The minimum Gasteiger partial charge on any atom is -0.403 e. The highest BCUT2D eigenvalue weighted by molar-refractivity contribution is 5.71. The van der Waals surface area contributed by atoms with Crippen molar-refractivity contribution < 1.29 is 26.7 Å². The Bertz CT molecular complexity index is 930. The summed E-state index contributed by atoms with van der Waals surface area (Å²) in [6.45, 7) is 1.94. The number of rotatable bonds is 3. The molecule has 0 aliphatic heterocycles. The van der Waals surface area contributed by atoms with Gasteiger partial charge in [0.15, 0.2) is 11.6 Å². The van der Waals surface area contributed by atoms with E-state index in [0.29, 0.717) is 5.56 Å². The maximum Gasteiger partial charge on any atom is 0.573 e. The summed E-state index contributed by atoms with van der Waals surface area (Å²) in [5.41, 5.74) is 2.73. The molecule has 26 heavy (non-hydrogen) atoms. The maximum atomic E-state index is 14.5. The molecule has 0 saturated carbocycles. The van der Waals surface area contributed by atoms with Gasteiger partial charge in [-0.3, -0.25) is 0 Å². The zero-order valence-corrected chi connectivity index (χ0v) is 13.6. The van der Waals surface area contributed by atoms with Gasteiger partial charge in [0, 0.05) is 5.56 Å². The fourth-order valence-electron chi connectivity index (χ4n) is 2.55. The molecule has 134 valence electrons. The molecule has 0 heterocycles. The number of alkyl halides is 3. The molecular weight excluding hydrogens is 351 g/mol. The van der Waals surface area contributed by atoms with Crippen molar-refractivity contribution >= 4 is 0 Å². The third kappa shape index (κ3) is 4.02. The summed E-state index contributed by atoms with van der Waals surface area (Å²) in [5, 5.41) is 0. The Hall–Kier alpha value is -2.89. The van der Waals surface area contributed by atoms with Crippen LogP contribution in [0.2, 0.25) is 0 Å². The summed E-state index contributed by atoms with van der Waals surface area (Å²) in [6, 6.07) is 14.7. The van der Waals surface area contributed by atoms with E-state index in [1.807, 2.05) is 31.2 Å². The molecule has 3 aromatic carbocycles. The van der Waals surface area contributed by atoms with Gasteiger partial charge >= 0.3 is 6.36 Å². The molecule has 0 aliphatic rings. The molecule has 0 unspecified atom stereocenters. The normalized spacial score (nSPS) is 11.5. The fraction of sp³-hybridized carbons (Fsp3) is 0.100. The van der Waals surface area contributed by atoms with Crippen molar-refractivity contribution in [1.82, 2.24) is 0 Å². The van der Waals surface area contributed by atoms with Crippen LogP contribution in [0.25, 0.3) is 22.3 Å². The van der Waals surface area contributed by atoms with Gasteiger partial charge in [-0.25, -0.2) is 8.78 Å². The standard InChI is InChI=1S/C20H13F5O/c1-12-2-4-13(5-3-12)14-6-8-16(17(21)10-14)15-7-9-19(18(22)11-15)26-20(23,24)25/h2-11H,1H3. The van der Waals surface area contributed by atoms with E-state index >= 15 is 0 Å². The van der Waals surface area contributed by atoms with Crippen molar-refractivity contribution in [3.63, 3.8) is 0 Å². The Kier molecular flexibility index (Phi) is 4.68. The quantitative estimate of drug-likeness (QED) is 0.482. The van der Waals surface area contributed by atoms with Gasteiger partial charge in [0.1, 0.15) is 5.82 Å². The van der Waals surface area contributed by atoms with E-state index in [1.165, 1.54) is 18.2 Å². The van der Waals surface area contributed by atoms with E-state index in [9.17, 15) is 22.0 Å². The molecule has 0 bridgehead atoms. The SMILES string of the molecule is Cc1ccc(-c2ccc(-c3ccc(OC(F)(F)F)c(F)c3)c(F)c2)cc1. The van der Waals surface area contributed by atoms with Crippen LogP contribution in [0.15, 0.2) is 60.7 Å². The second-order valence-corrected chi connectivity index (χ2v) is 5.75. The smallest absolute Gasteiger partial charge is 0.403 e. The monoisotopic (exact) mass is 364 g/mol. The lowest BCUT2D eigenvalue weighted by Gasteiger charge is -2.11. The minimum atomic E-state index is -5.00. The van der Waals surface area contributed by atoms with Crippen LogP contribution in [0.3, 0.4) is 0 Å². The van der Waals surface area contributed by atoms with Gasteiger partial charge < -0.3 is 4.74 Å². The lowest BCUT2D eigenvalue weighted by Crippen LogP contribution is -2.17. The lowest BCUT2D eigenvalue weighted by molar-refractivity contribution is -0.275. The van der Waals surface area contributed by atoms with Gasteiger partial charge in [0.05, 0.1) is 0 Å². The molecule has 0 fully saturated rings. The molecule has 0 atom stereocenters. The molecule has 3 rings (SSSR count). The second kappa shape index (κ2) is 6.78. The van der Waals surface area contributed by atoms with Gasteiger partial charge in [-0.15, -0.1) is 13.2 Å². The predicted molar refractivity (Wildman–Crippen MR) is 88.7 cm³/mol. The van der Waals surface area contributed by atoms with Crippen molar-refractivity contribution in [2.75, 3.05) is 0 Å². The molecule has 0 radical (unpaired) electrons. The van der Waals surface area contributed by atoms with E-state index < -0.39 is 23.7 Å². The largest absolute Gasteiger partial charge is 0.573 e. The van der Waals surface area contributed by atoms with Gasteiger partial charge in [0.25, 0.3) is 0 Å². The number of hydrogen-bond acceptors (Lipinski definition) is 1. The zero-order chi connectivity index (χ0) is 18.9. The highest BCUT2D eigenvalue weighted by Crippen LogP contribution is 2.32. The zero-order valence-electron chi connectivity index (χ0n) is 13.6. The Morgan fingerprint density at radius 3 is 1.85 bits per heavy atom. The molecule has 0 spiro atoms. The summed E-state index contributed by atoms with van der Waals surface area (Å²) in [7, 11) is 0. The van der Waals surface area contributed by atoms with E-state index in [2.05, 4.69) is 4.74 Å². The van der Waals surface area contributed by atoms with Crippen molar-refractivity contribution in [1.29, 1.82) is 0 Å². The average molecular weight is 364 g/mol. The Labute approximate surface area is 146 Å². The topological polar surface area (TPSA) is 9.23 Å². The number of halogens is 5. The maximum absolute atomic E-state index is 14.5. The summed E-state index contributed by atoms with van der Waals surface area (Å²) >= 11 is 0. The molecule has 6 heteroatoms. The van der Waals surface area contributed by atoms with Crippen LogP contribution in [0.4, 0.5) is 22.0 Å². The molecule has 0 amide bonds. The van der Waals surface area contributed by atoms with Crippen LogP contribution in [0.5, 0.6) is 5.75 Å². The number of hydrogen-bond donors (Lipinski definition) is 0. The van der Waals surface area contributed by atoms with Crippen molar-refractivity contribution in [2.45, 2.75) is 13.3 Å². The van der Waals surface area contributed by atoms with E-state index in [0.717, 1.165) is 23.3 Å². The van der Waals surface area contributed by atoms with E-state index in [1.54, 1.807) is 6.07 Å². The van der Waals surface area contributed by atoms with E-state index in [4.69, 9.17) is 0 Å². The third-order valence-corrected chi connectivity index (χ3v) is 3.82. The average Bonchev–Trinajstić information content (AvgIpc) is 2.56. The van der Waals surface area contributed by atoms with Crippen molar-refractivity contribution in [3.8, 4) is 28.0 Å². The van der Waals surface area contributed by atoms with Crippen LogP contribution >= 0.6 is 0 Å². The first kappa shape index (κ1) is 17.9. The highest BCUT2D eigenvalue weighted by atomic mass is 19.4. The molecular formula is C20H13F5O. The van der Waals surface area contributed by atoms with Crippen LogP contribution < -0.4 is 4.74 Å². The van der Waals surface area contributed by atoms with Crippen LogP contribution in [0, 0.1) is 18.6 Å². The molecule has 0 N–H and O–H groups in total. The predicted octanol–water partition coefficient (Wildman–Crippen LogP) is 6.51. The van der Waals surface area contributed by atoms with Gasteiger partial charge in [0.2, 0.25) is 0 Å². The molecule has 0 aliphatic carbocycles. The number of aryl methyl sites for hydroxylation is 1. The van der Waals surface area contributed by atoms with Gasteiger partial charge in [-0.1, -0.05) is 48.0 Å². The fourth-order valence-corrected chi connectivity index (χ4v) is 2.55. The summed E-state index contributed by atoms with van der Waals surface area (Å²) in [6.07, 6.45) is -5.00. The van der Waals surface area contributed by atoms with Crippen LogP contribution in [0.1, 0.15) is 5.56 Å². The first-order valence-corrected chi connectivity index (χ1v) is 7.65. The number of benzene rings is 3. The van der Waals surface area contributed by atoms with Gasteiger partial charge in [-0.2, -0.15) is 0 Å². The molecule has 3 aromatic rings. The molecule has 1 nitrogen and oxygen atoms in total.